The molecule has 0 aromatic heterocycles. The quantitative estimate of drug-likeness (QED) is 0.682. The van der Waals surface area contributed by atoms with Crippen LogP contribution in [-0.2, 0) is 0 Å². The Morgan fingerprint density at radius 2 is 1.76 bits per heavy atom. The predicted octanol–water partition coefficient (Wildman–Crippen LogP) is 1.11. The van der Waals surface area contributed by atoms with Crippen LogP contribution in [-0.4, -0.2) is 80.2 Å². The lowest BCUT2D eigenvalue weighted by Crippen LogP contribution is -2.55. The summed E-state index contributed by atoms with van der Waals surface area (Å²) in [5, 5.41) is 0. The monoisotopic (exact) mass is 240 g/mol. The maximum absolute atomic E-state index is 2.69. The van der Waals surface area contributed by atoms with Crippen molar-refractivity contribution in [2.75, 3.05) is 59.9 Å². The summed E-state index contributed by atoms with van der Waals surface area (Å²) < 4.78 is 1.21. The molecule has 17 heavy (non-hydrogen) atoms. The average Bonchev–Trinajstić information content (AvgIpc) is 2.70. The molecule has 2 heterocycles. The van der Waals surface area contributed by atoms with E-state index in [0.717, 1.165) is 12.0 Å². The lowest BCUT2D eigenvalue weighted by atomic mass is 10.1. The van der Waals surface area contributed by atoms with E-state index in [2.05, 4.69) is 37.7 Å². The summed E-state index contributed by atoms with van der Waals surface area (Å²) in [4.78, 5) is 5.33. The summed E-state index contributed by atoms with van der Waals surface area (Å²) in [6.45, 7) is 13.9. The number of likely N-dealkylation sites (N-methyl/N-ethyl adjacent to an activating group) is 1. The molecule has 0 aromatic rings. The summed E-state index contributed by atoms with van der Waals surface area (Å²) in [6.07, 6.45) is 1.41. The smallest absolute Gasteiger partial charge is 0.0912 e. The number of likely N-dealkylation sites (tertiary alicyclic amines) is 1. The zero-order chi connectivity index (χ0) is 12.5. The Bertz CT molecular complexity index is 240. The molecule has 0 spiro atoms. The van der Waals surface area contributed by atoms with Gasteiger partial charge in [0.1, 0.15) is 0 Å². The Hall–Kier alpha value is -0.120. The topological polar surface area (TPSA) is 6.48 Å². The molecule has 2 aliphatic rings. The fourth-order valence-corrected chi connectivity index (χ4v) is 3.08. The number of hydrogen-bond donors (Lipinski definition) is 0. The maximum atomic E-state index is 2.69. The van der Waals surface area contributed by atoms with Crippen LogP contribution in [0.4, 0.5) is 0 Å². The lowest BCUT2D eigenvalue weighted by Gasteiger charge is -2.39. The van der Waals surface area contributed by atoms with Gasteiger partial charge in [0.15, 0.2) is 0 Å². The van der Waals surface area contributed by atoms with Crippen LogP contribution in [0.15, 0.2) is 0 Å². The molecule has 2 aliphatic heterocycles. The molecule has 100 valence electrons. The second-order valence-electron chi connectivity index (χ2n) is 6.93. The highest BCUT2D eigenvalue weighted by molar-refractivity contribution is 4.80. The van der Waals surface area contributed by atoms with Gasteiger partial charge in [0.25, 0.3) is 0 Å². The predicted molar refractivity (Wildman–Crippen MR) is 73.1 cm³/mol. The Kier molecular flexibility index (Phi) is 4.11. The minimum Gasteiger partial charge on any atom is -0.326 e. The van der Waals surface area contributed by atoms with E-state index < -0.39 is 0 Å². The number of hydrogen-bond acceptors (Lipinski definition) is 2. The molecule has 2 saturated heterocycles. The van der Waals surface area contributed by atoms with Crippen LogP contribution in [0.25, 0.3) is 0 Å². The third-order valence-corrected chi connectivity index (χ3v) is 4.61. The average molecular weight is 240 g/mol. The first-order valence-electron chi connectivity index (χ1n) is 7.25. The molecule has 0 saturated carbocycles. The van der Waals surface area contributed by atoms with E-state index in [9.17, 15) is 0 Å². The van der Waals surface area contributed by atoms with E-state index in [4.69, 9.17) is 0 Å². The fourth-order valence-electron chi connectivity index (χ4n) is 3.08. The highest BCUT2D eigenvalue weighted by Gasteiger charge is 2.29. The van der Waals surface area contributed by atoms with Gasteiger partial charge in [0.2, 0.25) is 0 Å². The van der Waals surface area contributed by atoms with Crippen LogP contribution in [0.3, 0.4) is 0 Å². The zero-order valence-corrected chi connectivity index (χ0v) is 12.2. The molecule has 0 N–H and O–H groups in total. The molecule has 0 aliphatic carbocycles. The molecule has 0 radical (unpaired) electrons. The lowest BCUT2D eigenvalue weighted by molar-refractivity contribution is -0.894. The molecule has 0 amide bonds. The van der Waals surface area contributed by atoms with E-state index in [1.807, 2.05) is 0 Å². The van der Waals surface area contributed by atoms with Gasteiger partial charge in [-0.15, -0.1) is 0 Å². The summed E-state index contributed by atoms with van der Waals surface area (Å²) in [6, 6.07) is 0.733. The molecule has 2 rings (SSSR count). The van der Waals surface area contributed by atoms with Crippen molar-refractivity contribution < 1.29 is 4.48 Å². The second-order valence-corrected chi connectivity index (χ2v) is 6.93. The summed E-state index contributed by atoms with van der Waals surface area (Å²) in [5.41, 5.74) is 0. The molecule has 2 fully saturated rings. The Labute approximate surface area is 107 Å². The van der Waals surface area contributed by atoms with E-state index in [1.54, 1.807) is 0 Å². The summed E-state index contributed by atoms with van der Waals surface area (Å²) >= 11 is 0. The van der Waals surface area contributed by atoms with E-state index in [0.29, 0.717) is 0 Å². The summed E-state index contributed by atoms with van der Waals surface area (Å²) in [7, 11) is 4.71. The van der Waals surface area contributed by atoms with Crippen LogP contribution in [0.2, 0.25) is 0 Å². The number of quaternary nitrogens is 1. The van der Waals surface area contributed by atoms with Gasteiger partial charge in [0.05, 0.1) is 27.2 Å². The van der Waals surface area contributed by atoms with E-state index in [-0.39, 0.29) is 0 Å². The van der Waals surface area contributed by atoms with Gasteiger partial charge in [-0.3, -0.25) is 4.90 Å². The fraction of sp³-hybridized carbons (Fsp3) is 1.00. The van der Waals surface area contributed by atoms with Gasteiger partial charge in [-0.05, 0) is 32.7 Å². The number of piperazine rings is 1. The van der Waals surface area contributed by atoms with Crippen LogP contribution in [0, 0.1) is 5.92 Å². The molecular weight excluding hydrogens is 210 g/mol. The van der Waals surface area contributed by atoms with E-state index in [1.165, 1.54) is 56.7 Å². The van der Waals surface area contributed by atoms with Crippen molar-refractivity contribution in [2.24, 2.45) is 5.92 Å². The normalized spacial score (nSPS) is 31.2. The molecule has 1 unspecified atom stereocenters. The highest BCUT2D eigenvalue weighted by Crippen LogP contribution is 2.20. The molecule has 0 aromatic carbocycles. The second kappa shape index (κ2) is 5.25. The molecule has 3 nitrogen and oxygen atoms in total. The molecule has 3 heteroatoms. The van der Waals surface area contributed by atoms with Crippen molar-refractivity contribution >= 4 is 0 Å². The molecular formula is C14H30N3+. The van der Waals surface area contributed by atoms with Gasteiger partial charge < -0.3 is 9.38 Å². The Morgan fingerprint density at radius 3 is 2.29 bits per heavy atom. The van der Waals surface area contributed by atoms with E-state index >= 15 is 0 Å². The van der Waals surface area contributed by atoms with Gasteiger partial charge in [0, 0.05) is 32.2 Å². The van der Waals surface area contributed by atoms with Crippen molar-refractivity contribution in [1.82, 2.24) is 9.80 Å². The first kappa shape index (κ1) is 13.3. The van der Waals surface area contributed by atoms with Crippen molar-refractivity contribution in [3.05, 3.63) is 0 Å². The van der Waals surface area contributed by atoms with Crippen molar-refractivity contribution in [3.8, 4) is 0 Å². The zero-order valence-electron chi connectivity index (χ0n) is 12.2. The van der Waals surface area contributed by atoms with Crippen molar-refractivity contribution in [2.45, 2.75) is 26.3 Å². The van der Waals surface area contributed by atoms with Gasteiger partial charge in [-0.2, -0.15) is 0 Å². The van der Waals surface area contributed by atoms with Gasteiger partial charge >= 0.3 is 0 Å². The third kappa shape index (κ3) is 3.67. The molecule has 1 atom stereocenters. The van der Waals surface area contributed by atoms with Crippen LogP contribution >= 0.6 is 0 Å². The first-order valence-corrected chi connectivity index (χ1v) is 7.25. The summed E-state index contributed by atoms with van der Waals surface area (Å²) in [5.74, 6) is 0.922. The van der Waals surface area contributed by atoms with Crippen LogP contribution < -0.4 is 0 Å². The van der Waals surface area contributed by atoms with Gasteiger partial charge in [-0.25, -0.2) is 0 Å². The minimum atomic E-state index is 0.733. The Balaban J connectivity index is 1.72. The minimum absolute atomic E-state index is 0.733. The number of rotatable bonds is 3. The highest BCUT2D eigenvalue weighted by atomic mass is 15.4. The Morgan fingerprint density at radius 1 is 1.12 bits per heavy atom. The first-order chi connectivity index (χ1) is 7.96. The molecule has 0 bridgehead atoms. The van der Waals surface area contributed by atoms with Crippen LogP contribution in [0.5, 0.6) is 0 Å². The van der Waals surface area contributed by atoms with Gasteiger partial charge in [-0.1, -0.05) is 0 Å². The standard InChI is InChI=1S/C14H30N3/c1-13(2)16-6-5-14(12-16)11-15-7-9-17(3,4)10-8-15/h13-14H,5-12H2,1-4H3/q+1. The van der Waals surface area contributed by atoms with Crippen LogP contribution in [0.1, 0.15) is 20.3 Å². The number of nitrogens with zero attached hydrogens (tertiary/aromatic N) is 3. The third-order valence-electron chi connectivity index (χ3n) is 4.61. The van der Waals surface area contributed by atoms with Crippen molar-refractivity contribution in [3.63, 3.8) is 0 Å². The van der Waals surface area contributed by atoms with Crippen molar-refractivity contribution in [1.29, 1.82) is 0 Å². The largest absolute Gasteiger partial charge is 0.326 e. The SMILES string of the molecule is CC(C)N1CCC(CN2CC[N+](C)(C)CC2)C1. The maximum Gasteiger partial charge on any atom is 0.0912 e.